The van der Waals surface area contributed by atoms with Gasteiger partial charge in [-0.25, -0.2) is 4.79 Å². The Morgan fingerprint density at radius 2 is 1.97 bits per heavy atom. The Kier molecular flexibility index (Phi) is 6.54. The summed E-state index contributed by atoms with van der Waals surface area (Å²) >= 11 is 0. The summed E-state index contributed by atoms with van der Waals surface area (Å²) in [7, 11) is 1.61. The van der Waals surface area contributed by atoms with Crippen LogP contribution in [0.2, 0.25) is 0 Å². The van der Waals surface area contributed by atoms with Gasteiger partial charge in [-0.1, -0.05) is 12.1 Å². The largest absolute Gasteiger partial charge is 0.497 e. The van der Waals surface area contributed by atoms with E-state index in [0.717, 1.165) is 27.8 Å². The Bertz CT molecular complexity index is 1070. The SMILES string of the molecule is CCOC(=O)CCc1cc2c(C)cc(=O)oc2cc1OCc1cccc(OC)c1. The second kappa shape index (κ2) is 9.28. The molecule has 0 aliphatic rings. The second-order valence-electron chi connectivity index (χ2n) is 6.65. The van der Waals surface area contributed by atoms with E-state index < -0.39 is 5.63 Å². The third-order valence-electron chi connectivity index (χ3n) is 4.56. The van der Waals surface area contributed by atoms with E-state index in [1.807, 2.05) is 37.3 Å². The molecule has 0 atom stereocenters. The summed E-state index contributed by atoms with van der Waals surface area (Å²) in [6, 6.07) is 12.7. The first-order chi connectivity index (χ1) is 14.0. The van der Waals surface area contributed by atoms with Crippen LogP contribution in [0.3, 0.4) is 0 Å². The topological polar surface area (TPSA) is 75.0 Å². The van der Waals surface area contributed by atoms with Gasteiger partial charge >= 0.3 is 11.6 Å². The molecule has 0 radical (unpaired) electrons. The molecule has 0 amide bonds. The van der Waals surface area contributed by atoms with Crippen molar-refractivity contribution in [3.05, 3.63) is 69.6 Å². The molecular formula is C23H24O6. The Morgan fingerprint density at radius 1 is 1.14 bits per heavy atom. The van der Waals surface area contributed by atoms with Crippen LogP contribution in [0.5, 0.6) is 11.5 Å². The second-order valence-corrected chi connectivity index (χ2v) is 6.65. The number of hydrogen-bond donors (Lipinski definition) is 0. The minimum atomic E-state index is -0.409. The van der Waals surface area contributed by atoms with Crippen molar-refractivity contribution in [2.75, 3.05) is 13.7 Å². The van der Waals surface area contributed by atoms with Crippen molar-refractivity contribution in [3.63, 3.8) is 0 Å². The predicted octanol–water partition coefficient (Wildman–Crippen LogP) is 4.18. The van der Waals surface area contributed by atoms with Gasteiger partial charge in [0.1, 0.15) is 23.7 Å². The van der Waals surface area contributed by atoms with E-state index in [1.54, 1.807) is 20.1 Å². The fraction of sp³-hybridized carbons (Fsp3) is 0.304. The molecule has 0 spiro atoms. The fourth-order valence-electron chi connectivity index (χ4n) is 3.11. The average Bonchev–Trinajstić information content (AvgIpc) is 2.71. The number of esters is 1. The highest BCUT2D eigenvalue weighted by atomic mass is 16.5. The minimum absolute atomic E-state index is 0.241. The third kappa shape index (κ3) is 5.16. The smallest absolute Gasteiger partial charge is 0.336 e. The number of benzene rings is 2. The molecular weight excluding hydrogens is 372 g/mol. The number of fused-ring (bicyclic) bond motifs is 1. The Hall–Kier alpha value is -3.28. The van der Waals surface area contributed by atoms with Gasteiger partial charge < -0.3 is 18.6 Å². The molecule has 1 heterocycles. The van der Waals surface area contributed by atoms with Crippen LogP contribution in [0, 0.1) is 6.92 Å². The van der Waals surface area contributed by atoms with Crippen molar-refractivity contribution >= 4 is 16.9 Å². The molecule has 2 aromatic carbocycles. The molecule has 3 aromatic rings. The van der Waals surface area contributed by atoms with Crippen LogP contribution >= 0.6 is 0 Å². The van der Waals surface area contributed by atoms with Gasteiger partial charge in [-0.05, 0) is 55.2 Å². The summed E-state index contributed by atoms with van der Waals surface area (Å²) in [5.41, 5.74) is 2.65. The first-order valence-electron chi connectivity index (χ1n) is 9.49. The highest BCUT2D eigenvalue weighted by Gasteiger charge is 2.13. The number of aryl methyl sites for hydroxylation is 2. The quantitative estimate of drug-likeness (QED) is 0.420. The highest BCUT2D eigenvalue weighted by Crippen LogP contribution is 2.29. The maximum Gasteiger partial charge on any atom is 0.336 e. The molecule has 6 heteroatoms. The molecule has 0 aliphatic heterocycles. The number of methoxy groups -OCH3 is 1. The van der Waals surface area contributed by atoms with E-state index in [4.69, 9.17) is 18.6 Å². The summed E-state index contributed by atoms with van der Waals surface area (Å²) in [5, 5.41) is 0.817. The van der Waals surface area contributed by atoms with E-state index in [9.17, 15) is 9.59 Å². The van der Waals surface area contributed by atoms with Crippen LogP contribution in [-0.2, 0) is 22.6 Å². The minimum Gasteiger partial charge on any atom is -0.497 e. The third-order valence-corrected chi connectivity index (χ3v) is 4.56. The van der Waals surface area contributed by atoms with Crippen molar-refractivity contribution in [3.8, 4) is 11.5 Å². The number of carbonyl (C=O) groups is 1. The van der Waals surface area contributed by atoms with Crippen molar-refractivity contribution in [1.82, 2.24) is 0 Å². The number of hydrogen-bond acceptors (Lipinski definition) is 6. The van der Waals surface area contributed by atoms with E-state index in [2.05, 4.69) is 0 Å². The zero-order chi connectivity index (χ0) is 20.8. The molecule has 0 saturated carbocycles. The molecule has 3 rings (SSSR count). The van der Waals surface area contributed by atoms with Crippen LogP contribution in [0.4, 0.5) is 0 Å². The van der Waals surface area contributed by atoms with Gasteiger partial charge in [0, 0.05) is 23.9 Å². The van der Waals surface area contributed by atoms with Crippen molar-refractivity contribution < 1.29 is 23.4 Å². The van der Waals surface area contributed by atoms with Crippen molar-refractivity contribution in [2.24, 2.45) is 0 Å². The molecule has 29 heavy (non-hydrogen) atoms. The Morgan fingerprint density at radius 3 is 2.72 bits per heavy atom. The maximum absolute atomic E-state index is 11.8. The predicted molar refractivity (Wildman–Crippen MR) is 110 cm³/mol. The molecule has 1 aromatic heterocycles. The van der Waals surface area contributed by atoms with E-state index in [1.165, 1.54) is 6.07 Å². The molecule has 0 N–H and O–H groups in total. The summed E-state index contributed by atoms with van der Waals surface area (Å²) in [5.74, 6) is 1.05. The zero-order valence-corrected chi connectivity index (χ0v) is 16.8. The molecule has 0 unspecified atom stereocenters. The summed E-state index contributed by atoms with van der Waals surface area (Å²) in [6.45, 7) is 4.29. The molecule has 0 bridgehead atoms. The standard InChI is InChI=1S/C23H24O6/c1-4-27-22(24)9-8-17-12-19-15(2)10-23(25)29-21(19)13-20(17)28-14-16-6-5-7-18(11-16)26-3/h5-7,10-13H,4,8-9,14H2,1-3H3. The normalized spacial score (nSPS) is 10.7. The molecule has 0 aliphatic carbocycles. The number of ether oxygens (including phenoxy) is 3. The summed E-state index contributed by atoms with van der Waals surface area (Å²) in [4.78, 5) is 23.6. The van der Waals surface area contributed by atoms with E-state index >= 15 is 0 Å². The number of rotatable bonds is 8. The van der Waals surface area contributed by atoms with Crippen LogP contribution in [0.25, 0.3) is 11.0 Å². The highest BCUT2D eigenvalue weighted by molar-refractivity contribution is 5.83. The van der Waals surface area contributed by atoms with Gasteiger partial charge in [-0.15, -0.1) is 0 Å². The first-order valence-corrected chi connectivity index (χ1v) is 9.49. The maximum atomic E-state index is 11.8. The zero-order valence-electron chi connectivity index (χ0n) is 16.8. The number of carbonyl (C=O) groups excluding carboxylic acids is 1. The van der Waals surface area contributed by atoms with E-state index in [0.29, 0.717) is 31.0 Å². The lowest BCUT2D eigenvalue weighted by Crippen LogP contribution is -2.07. The van der Waals surface area contributed by atoms with Crippen molar-refractivity contribution in [1.29, 1.82) is 0 Å². The monoisotopic (exact) mass is 396 g/mol. The first kappa shape index (κ1) is 20.5. The molecule has 0 fully saturated rings. The lowest BCUT2D eigenvalue weighted by molar-refractivity contribution is -0.143. The lowest BCUT2D eigenvalue weighted by atomic mass is 10.0. The van der Waals surface area contributed by atoms with Crippen molar-refractivity contribution in [2.45, 2.75) is 33.3 Å². The molecule has 152 valence electrons. The van der Waals surface area contributed by atoms with Gasteiger partial charge in [0.25, 0.3) is 0 Å². The van der Waals surface area contributed by atoms with Crippen LogP contribution in [0.15, 0.2) is 51.7 Å². The molecule has 6 nitrogen and oxygen atoms in total. The van der Waals surface area contributed by atoms with Gasteiger partial charge in [-0.2, -0.15) is 0 Å². The van der Waals surface area contributed by atoms with Gasteiger partial charge in [-0.3, -0.25) is 4.79 Å². The van der Waals surface area contributed by atoms with Crippen LogP contribution in [-0.4, -0.2) is 19.7 Å². The van der Waals surface area contributed by atoms with E-state index in [-0.39, 0.29) is 12.4 Å². The Balaban J connectivity index is 1.91. The summed E-state index contributed by atoms with van der Waals surface area (Å²) < 4.78 is 21.7. The van der Waals surface area contributed by atoms with Crippen LogP contribution < -0.4 is 15.1 Å². The average molecular weight is 396 g/mol. The van der Waals surface area contributed by atoms with Crippen LogP contribution in [0.1, 0.15) is 30.0 Å². The fourth-order valence-corrected chi connectivity index (χ4v) is 3.11. The Labute approximate surface area is 169 Å². The van der Waals surface area contributed by atoms with Gasteiger partial charge in [0.15, 0.2) is 0 Å². The van der Waals surface area contributed by atoms with Gasteiger partial charge in [0.05, 0.1) is 13.7 Å². The molecule has 0 saturated heterocycles. The van der Waals surface area contributed by atoms with Gasteiger partial charge in [0.2, 0.25) is 0 Å². The lowest BCUT2D eigenvalue weighted by Gasteiger charge is -2.14. The summed E-state index contributed by atoms with van der Waals surface area (Å²) in [6.07, 6.45) is 0.700.